The van der Waals surface area contributed by atoms with Crippen LogP contribution in [0, 0.1) is 0 Å². The van der Waals surface area contributed by atoms with Crippen LogP contribution in [-0.4, -0.2) is 34.4 Å². The summed E-state index contributed by atoms with van der Waals surface area (Å²) < 4.78 is 40.4. The summed E-state index contributed by atoms with van der Waals surface area (Å²) in [5.74, 6) is 0.480. The van der Waals surface area contributed by atoms with Gasteiger partial charge in [0.25, 0.3) is 5.91 Å². The van der Waals surface area contributed by atoms with Crippen molar-refractivity contribution in [1.82, 2.24) is 14.7 Å². The molecule has 3 N–H and O–H groups in total. The number of hydrogen-bond acceptors (Lipinski definition) is 4. The van der Waals surface area contributed by atoms with Gasteiger partial charge in [-0.15, -0.1) is 0 Å². The SMILES string of the molecule is CNc1cccc(C(=O)N[C@H]2CC[C@@H](Nc3cccc4nc(C(F)(F)F)cn34)CC2)c1. The van der Waals surface area contributed by atoms with E-state index in [4.69, 9.17) is 0 Å². The van der Waals surface area contributed by atoms with E-state index in [0.717, 1.165) is 37.6 Å². The van der Waals surface area contributed by atoms with Crippen molar-refractivity contribution in [1.29, 1.82) is 0 Å². The molecular weight excluding hydrogens is 407 g/mol. The van der Waals surface area contributed by atoms with E-state index < -0.39 is 11.9 Å². The van der Waals surface area contributed by atoms with Gasteiger partial charge in [0, 0.05) is 36.6 Å². The molecule has 9 heteroatoms. The van der Waals surface area contributed by atoms with Crippen LogP contribution in [0.2, 0.25) is 0 Å². The molecule has 0 unspecified atom stereocenters. The number of nitrogens with zero attached hydrogens (tertiary/aromatic N) is 2. The van der Waals surface area contributed by atoms with Crippen LogP contribution >= 0.6 is 0 Å². The van der Waals surface area contributed by atoms with E-state index in [-0.39, 0.29) is 23.6 Å². The molecule has 1 saturated carbocycles. The summed E-state index contributed by atoms with van der Waals surface area (Å²) in [7, 11) is 1.81. The molecule has 4 rings (SSSR count). The highest BCUT2D eigenvalue weighted by Crippen LogP contribution is 2.30. The third-order valence-corrected chi connectivity index (χ3v) is 5.61. The molecule has 0 radical (unpaired) electrons. The third kappa shape index (κ3) is 4.76. The molecular formula is C22H24F3N5O. The summed E-state index contributed by atoms with van der Waals surface area (Å²) >= 11 is 0. The Morgan fingerprint density at radius 3 is 2.48 bits per heavy atom. The fourth-order valence-electron chi connectivity index (χ4n) is 3.94. The number of pyridine rings is 1. The number of alkyl halides is 3. The van der Waals surface area contributed by atoms with E-state index in [1.165, 1.54) is 4.40 Å². The normalized spacial score (nSPS) is 19.2. The van der Waals surface area contributed by atoms with Crippen LogP contribution in [0.3, 0.4) is 0 Å². The van der Waals surface area contributed by atoms with Crippen LogP contribution in [-0.2, 0) is 6.18 Å². The molecule has 1 aliphatic carbocycles. The number of benzene rings is 1. The Labute approximate surface area is 177 Å². The number of anilines is 2. The van der Waals surface area contributed by atoms with Gasteiger partial charge in [-0.3, -0.25) is 9.20 Å². The number of hydrogen-bond donors (Lipinski definition) is 3. The number of imidazole rings is 1. The largest absolute Gasteiger partial charge is 0.434 e. The molecule has 0 spiro atoms. The topological polar surface area (TPSA) is 70.5 Å². The maximum absolute atomic E-state index is 13.0. The molecule has 0 bridgehead atoms. The number of fused-ring (bicyclic) bond motifs is 1. The lowest BCUT2D eigenvalue weighted by Crippen LogP contribution is -2.40. The molecule has 6 nitrogen and oxygen atoms in total. The minimum Gasteiger partial charge on any atom is -0.388 e. The molecule has 0 aliphatic heterocycles. The van der Waals surface area contributed by atoms with Crippen LogP contribution in [0.15, 0.2) is 48.7 Å². The zero-order valence-electron chi connectivity index (χ0n) is 17.0. The maximum Gasteiger partial charge on any atom is 0.434 e. The van der Waals surface area contributed by atoms with Crippen molar-refractivity contribution in [3.05, 3.63) is 59.9 Å². The number of amides is 1. The molecule has 1 amide bonds. The molecule has 2 heterocycles. The average molecular weight is 431 g/mol. The highest BCUT2D eigenvalue weighted by molar-refractivity contribution is 5.95. The average Bonchev–Trinajstić information content (AvgIpc) is 3.21. The summed E-state index contributed by atoms with van der Waals surface area (Å²) in [5, 5.41) is 9.45. The quantitative estimate of drug-likeness (QED) is 0.555. The maximum atomic E-state index is 13.0. The van der Waals surface area contributed by atoms with Crippen molar-refractivity contribution in [3.8, 4) is 0 Å². The summed E-state index contributed by atoms with van der Waals surface area (Å²) in [5.41, 5.74) is 0.833. The first-order valence-electron chi connectivity index (χ1n) is 10.2. The van der Waals surface area contributed by atoms with Crippen molar-refractivity contribution in [2.75, 3.05) is 17.7 Å². The number of halogens is 3. The van der Waals surface area contributed by atoms with E-state index in [2.05, 4.69) is 20.9 Å². The Hall–Kier alpha value is -3.23. The minimum absolute atomic E-state index is 0.0738. The lowest BCUT2D eigenvalue weighted by Gasteiger charge is -2.30. The first-order chi connectivity index (χ1) is 14.8. The second-order valence-corrected chi connectivity index (χ2v) is 7.76. The van der Waals surface area contributed by atoms with Gasteiger partial charge in [-0.05, 0) is 56.0 Å². The van der Waals surface area contributed by atoms with Gasteiger partial charge in [0.15, 0.2) is 5.69 Å². The van der Waals surface area contributed by atoms with Crippen LogP contribution in [0.25, 0.3) is 5.65 Å². The molecule has 164 valence electrons. The van der Waals surface area contributed by atoms with E-state index in [9.17, 15) is 18.0 Å². The molecule has 0 atom stereocenters. The molecule has 31 heavy (non-hydrogen) atoms. The molecule has 3 aromatic rings. The summed E-state index contributed by atoms with van der Waals surface area (Å²) in [6, 6.07) is 12.5. The lowest BCUT2D eigenvalue weighted by atomic mass is 9.91. The van der Waals surface area contributed by atoms with Crippen LogP contribution in [0.1, 0.15) is 41.7 Å². The fourth-order valence-corrected chi connectivity index (χ4v) is 3.94. The van der Waals surface area contributed by atoms with E-state index in [1.54, 1.807) is 31.3 Å². The van der Waals surface area contributed by atoms with Crippen LogP contribution in [0.4, 0.5) is 24.7 Å². The van der Waals surface area contributed by atoms with Crippen molar-refractivity contribution in [2.24, 2.45) is 0 Å². The second kappa shape index (κ2) is 8.49. The third-order valence-electron chi connectivity index (χ3n) is 5.61. The van der Waals surface area contributed by atoms with Gasteiger partial charge < -0.3 is 16.0 Å². The Bertz CT molecular complexity index is 1070. The number of carbonyl (C=O) groups excluding carboxylic acids is 1. The Morgan fingerprint density at radius 1 is 1.06 bits per heavy atom. The van der Waals surface area contributed by atoms with Crippen LogP contribution < -0.4 is 16.0 Å². The van der Waals surface area contributed by atoms with Gasteiger partial charge in [-0.25, -0.2) is 4.98 Å². The van der Waals surface area contributed by atoms with E-state index in [0.29, 0.717) is 11.4 Å². The van der Waals surface area contributed by atoms with E-state index >= 15 is 0 Å². The summed E-state index contributed by atoms with van der Waals surface area (Å²) in [6.07, 6.45) is -0.266. The molecule has 0 saturated heterocycles. The Balaban J connectivity index is 1.36. The number of rotatable bonds is 5. The van der Waals surface area contributed by atoms with Crippen molar-refractivity contribution in [2.45, 2.75) is 43.9 Å². The fraction of sp³-hybridized carbons (Fsp3) is 0.364. The zero-order chi connectivity index (χ0) is 22.0. The van der Waals surface area contributed by atoms with E-state index in [1.807, 2.05) is 18.2 Å². The minimum atomic E-state index is -4.48. The summed E-state index contributed by atoms with van der Waals surface area (Å²) in [4.78, 5) is 16.2. The van der Waals surface area contributed by atoms with Crippen molar-refractivity contribution < 1.29 is 18.0 Å². The Morgan fingerprint density at radius 2 is 1.77 bits per heavy atom. The van der Waals surface area contributed by atoms with Gasteiger partial charge in [0.1, 0.15) is 11.5 Å². The predicted octanol–water partition coefficient (Wildman–Crippen LogP) is 4.55. The molecule has 1 aliphatic rings. The second-order valence-electron chi connectivity index (χ2n) is 7.76. The highest BCUT2D eigenvalue weighted by Gasteiger charge is 2.34. The zero-order valence-corrected chi connectivity index (χ0v) is 17.0. The van der Waals surface area contributed by atoms with Gasteiger partial charge in [-0.1, -0.05) is 12.1 Å². The highest BCUT2D eigenvalue weighted by atomic mass is 19.4. The van der Waals surface area contributed by atoms with Crippen molar-refractivity contribution in [3.63, 3.8) is 0 Å². The van der Waals surface area contributed by atoms with Crippen molar-refractivity contribution >= 4 is 23.1 Å². The van der Waals surface area contributed by atoms with Gasteiger partial charge in [-0.2, -0.15) is 13.2 Å². The molecule has 2 aromatic heterocycles. The smallest absolute Gasteiger partial charge is 0.388 e. The van der Waals surface area contributed by atoms with Crippen LogP contribution in [0.5, 0.6) is 0 Å². The molecule has 1 aromatic carbocycles. The number of aromatic nitrogens is 2. The van der Waals surface area contributed by atoms with Gasteiger partial charge in [0.05, 0.1) is 0 Å². The standard InChI is InChI=1S/C22H24F3N5O/c1-26-17-5-2-4-14(12-17)21(31)28-16-10-8-15(9-11-16)27-19-6-3-7-20-29-18(13-30(19)20)22(23,24)25/h2-7,12-13,15-16,26-27H,8-11H2,1H3,(H,28,31)/t15-,16+. The first kappa shape index (κ1) is 21.0. The number of nitrogens with one attached hydrogen (secondary N) is 3. The summed E-state index contributed by atoms with van der Waals surface area (Å²) in [6.45, 7) is 0. The molecule has 1 fully saturated rings. The first-order valence-corrected chi connectivity index (χ1v) is 10.2. The van der Waals surface area contributed by atoms with Gasteiger partial charge >= 0.3 is 6.18 Å². The monoisotopic (exact) mass is 431 g/mol. The Kier molecular flexibility index (Phi) is 5.75. The predicted molar refractivity (Wildman–Crippen MR) is 113 cm³/mol. The number of carbonyl (C=O) groups is 1. The lowest BCUT2D eigenvalue weighted by molar-refractivity contribution is -0.140. The van der Waals surface area contributed by atoms with Gasteiger partial charge in [0.2, 0.25) is 0 Å².